The third-order valence-corrected chi connectivity index (χ3v) is 5.32. The van der Waals surface area contributed by atoms with Gasteiger partial charge in [-0.3, -0.25) is 4.98 Å². The second-order valence-corrected chi connectivity index (χ2v) is 7.59. The Bertz CT molecular complexity index is 1120. The van der Waals surface area contributed by atoms with Gasteiger partial charge in [-0.05, 0) is 19.9 Å². The number of nitrogens with one attached hydrogen (secondary N) is 2. The van der Waals surface area contributed by atoms with Gasteiger partial charge in [-0.1, -0.05) is 0 Å². The minimum atomic E-state index is -5.00. The first-order valence-electron chi connectivity index (χ1n) is 9.78. The number of nitrogens with zero attached hydrogens (tertiary/aromatic N) is 5. The molecule has 3 atom stereocenters. The Kier molecular flexibility index (Phi) is 5.63. The van der Waals surface area contributed by atoms with Crippen LogP contribution >= 0.6 is 0 Å². The predicted octanol–water partition coefficient (Wildman–Crippen LogP) is 2.08. The molecule has 9 nitrogen and oxygen atoms in total. The van der Waals surface area contributed by atoms with Crippen LogP contribution in [-0.4, -0.2) is 68.3 Å². The molecule has 1 saturated heterocycles. The van der Waals surface area contributed by atoms with Crippen LogP contribution in [0.1, 0.15) is 19.0 Å². The molecule has 0 aromatic carbocycles. The molecule has 172 valence electrons. The van der Waals surface area contributed by atoms with E-state index in [4.69, 9.17) is 4.74 Å². The third kappa shape index (κ3) is 3.93. The highest BCUT2D eigenvalue weighted by molar-refractivity contribution is 5.61. The topological polar surface area (TPSA) is 109 Å². The van der Waals surface area contributed by atoms with Crippen molar-refractivity contribution in [3.63, 3.8) is 0 Å². The number of halogens is 4. The summed E-state index contributed by atoms with van der Waals surface area (Å²) in [6.07, 6.45) is -1.52. The van der Waals surface area contributed by atoms with Gasteiger partial charge in [-0.25, -0.2) is 18.9 Å². The van der Waals surface area contributed by atoms with E-state index in [2.05, 4.69) is 30.7 Å². The molecule has 32 heavy (non-hydrogen) atoms. The summed E-state index contributed by atoms with van der Waals surface area (Å²) in [6, 6.07) is 0.745. The van der Waals surface area contributed by atoms with Crippen LogP contribution in [0.4, 0.5) is 23.4 Å². The van der Waals surface area contributed by atoms with Gasteiger partial charge in [0.25, 0.3) is 0 Å². The number of anilines is 1. The van der Waals surface area contributed by atoms with Gasteiger partial charge in [0.1, 0.15) is 34.8 Å². The number of aromatic nitrogens is 5. The molecule has 4 rings (SSSR count). The maximum atomic E-state index is 14.1. The summed E-state index contributed by atoms with van der Waals surface area (Å²) >= 11 is 0. The number of imidazole rings is 1. The van der Waals surface area contributed by atoms with Crippen molar-refractivity contribution in [2.45, 2.75) is 37.3 Å². The van der Waals surface area contributed by atoms with Crippen molar-refractivity contribution < 1.29 is 27.4 Å². The van der Waals surface area contributed by atoms with Crippen LogP contribution in [-0.2, 0) is 5.60 Å². The maximum Gasteiger partial charge on any atom is 0.422 e. The fourth-order valence-corrected chi connectivity index (χ4v) is 3.42. The molecule has 1 aliphatic rings. The Morgan fingerprint density at radius 2 is 2.06 bits per heavy atom. The fraction of sp³-hybridized carbons (Fsp3) is 0.474. The zero-order valence-corrected chi connectivity index (χ0v) is 17.2. The van der Waals surface area contributed by atoms with Gasteiger partial charge in [-0.2, -0.15) is 18.3 Å². The standard InChI is InChI=1S/C19H21F4N7O2/c1-18(31,19(21,22)23)17-14(32-2)5-16-26-8-13(30(16)29-17)12-7-25-9-15(28-12)27-11-6-24-4-3-10(11)20/h5,7-11,24,31H,3-4,6H2,1-2H3,(H,27,28)/t10-,11-,18?/m0/s1. The fourth-order valence-electron chi connectivity index (χ4n) is 3.42. The number of aliphatic hydroxyl groups is 1. The average molecular weight is 455 g/mol. The summed E-state index contributed by atoms with van der Waals surface area (Å²) in [5.74, 6) is 0.0297. The lowest BCUT2D eigenvalue weighted by atomic mass is 10.0. The lowest BCUT2D eigenvalue weighted by Crippen LogP contribution is -2.46. The van der Waals surface area contributed by atoms with Crippen molar-refractivity contribution in [1.29, 1.82) is 0 Å². The van der Waals surface area contributed by atoms with Gasteiger partial charge in [0, 0.05) is 12.6 Å². The maximum absolute atomic E-state index is 14.1. The first-order valence-corrected chi connectivity index (χ1v) is 9.78. The second kappa shape index (κ2) is 8.13. The molecular weight excluding hydrogens is 434 g/mol. The van der Waals surface area contributed by atoms with Gasteiger partial charge >= 0.3 is 6.18 Å². The highest BCUT2D eigenvalue weighted by Crippen LogP contribution is 2.41. The summed E-state index contributed by atoms with van der Waals surface area (Å²) in [5.41, 5.74) is -3.34. The lowest BCUT2D eigenvalue weighted by molar-refractivity contribution is -0.261. The first-order chi connectivity index (χ1) is 15.1. The average Bonchev–Trinajstić information content (AvgIpc) is 3.17. The summed E-state index contributed by atoms with van der Waals surface area (Å²) in [4.78, 5) is 12.6. The van der Waals surface area contributed by atoms with E-state index < -0.39 is 29.7 Å². The second-order valence-electron chi connectivity index (χ2n) is 7.59. The lowest BCUT2D eigenvalue weighted by Gasteiger charge is -2.27. The molecule has 0 saturated carbocycles. The van der Waals surface area contributed by atoms with Gasteiger partial charge in [0.15, 0.2) is 5.65 Å². The van der Waals surface area contributed by atoms with Gasteiger partial charge in [0.2, 0.25) is 5.60 Å². The zero-order chi connectivity index (χ0) is 23.1. The minimum absolute atomic E-state index is 0.180. The molecular formula is C19H21F4N7O2. The summed E-state index contributed by atoms with van der Waals surface area (Å²) < 4.78 is 60.6. The number of piperidine rings is 1. The van der Waals surface area contributed by atoms with E-state index in [9.17, 15) is 22.7 Å². The minimum Gasteiger partial charge on any atom is -0.495 e. The van der Waals surface area contributed by atoms with E-state index in [1.807, 2.05) is 0 Å². The number of fused-ring (bicyclic) bond motifs is 1. The van der Waals surface area contributed by atoms with E-state index in [1.54, 1.807) is 0 Å². The first kappa shape index (κ1) is 22.1. The van der Waals surface area contributed by atoms with Crippen molar-refractivity contribution >= 4 is 11.5 Å². The number of hydrogen-bond acceptors (Lipinski definition) is 8. The Labute approximate surface area is 179 Å². The molecule has 1 aliphatic heterocycles. The highest BCUT2D eigenvalue weighted by atomic mass is 19.4. The van der Waals surface area contributed by atoms with Gasteiger partial charge < -0.3 is 20.5 Å². The number of alkyl halides is 4. The van der Waals surface area contributed by atoms with Gasteiger partial charge in [-0.15, -0.1) is 0 Å². The summed E-state index contributed by atoms with van der Waals surface area (Å²) in [7, 11) is 1.17. The van der Waals surface area contributed by atoms with Crippen LogP contribution in [0.2, 0.25) is 0 Å². The van der Waals surface area contributed by atoms with Crippen molar-refractivity contribution in [3.05, 3.63) is 30.4 Å². The molecule has 0 amide bonds. The van der Waals surface area contributed by atoms with Crippen LogP contribution in [0.3, 0.4) is 0 Å². The number of rotatable bonds is 5. The molecule has 1 unspecified atom stereocenters. The molecule has 0 spiro atoms. The molecule has 0 bridgehead atoms. The summed E-state index contributed by atoms with van der Waals surface area (Å²) in [5, 5.41) is 20.2. The Balaban J connectivity index is 1.75. The molecule has 3 aromatic heterocycles. The van der Waals surface area contributed by atoms with E-state index in [0.717, 1.165) is 4.52 Å². The van der Waals surface area contributed by atoms with Crippen molar-refractivity contribution in [2.24, 2.45) is 0 Å². The Morgan fingerprint density at radius 1 is 1.28 bits per heavy atom. The van der Waals surface area contributed by atoms with Crippen LogP contribution in [0.5, 0.6) is 5.75 Å². The largest absolute Gasteiger partial charge is 0.495 e. The molecule has 4 heterocycles. The van der Waals surface area contributed by atoms with Gasteiger partial charge in [0.05, 0.1) is 31.7 Å². The predicted molar refractivity (Wildman–Crippen MR) is 106 cm³/mol. The molecule has 0 radical (unpaired) electrons. The number of methoxy groups -OCH3 is 1. The molecule has 13 heteroatoms. The van der Waals surface area contributed by atoms with E-state index in [-0.39, 0.29) is 22.8 Å². The van der Waals surface area contributed by atoms with E-state index in [1.165, 1.54) is 31.8 Å². The normalized spacial score (nSPS) is 21.3. The Morgan fingerprint density at radius 3 is 2.75 bits per heavy atom. The number of ether oxygens (including phenoxy) is 1. The van der Waals surface area contributed by atoms with Crippen molar-refractivity contribution in [3.8, 4) is 17.1 Å². The van der Waals surface area contributed by atoms with Crippen LogP contribution in [0.15, 0.2) is 24.7 Å². The highest BCUT2D eigenvalue weighted by Gasteiger charge is 2.54. The Hall–Kier alpha value is -3.06. The molecule has 0 aliphatic carbocycles. The SMILES string of the molecule is COc1cc2ncc(-c3cncc(N[C@H]4CNCC[C@@H]4F)n3)n2nc1C(C)(O)C(F)(F)F. The zero-order valence-electron chi connectivity index (χ0n) is 17.2. The smallest absolute Gasteiger partial charge is 0.422 e. The quantitative estimate of drug-likeness (QED) is 0.502. The van der Waals surface area contributed by atoms with E-state index >= 15 is 0 Å². The summed E-state index contributed by atoms with van der Waals surface area (Å²) in [6.45, 7) is 1.60. The molecule has 1 fully saturated rings. The van der Waals surface area contributed by atoms with Crippen molar-refractivity contribution in [1.82, 2.24) is 29.9 Å². The van der Waals surface area contributed by atoms with Crippen LogP contribution in [0.25, 0.3) is 17.0 Å². The van der Waals surface area contributed by atoms with Crippen LogP contribution in [0, 0.1) is 0 Å². The van der Waals surface area contributed by atoms with Crippen molar-refractivity contribution in [2.75, 3.05) is 25.5 Å². The third-order valence-electron chi connectivity index (χ3n) is 5.32. The van der Waals surface area contributed by atoms with Crippen LogP contribution < -0.4 is 15.4 Å². The number of hydrogen-bond donors (Lipinski definition) is 3. The monoisotopic (exact) mass is 455 g/mol. The van der Waals surface area contributed by atoms with E-state index in [0.29, 0.717) is 32.3 Å². The molecule has 3 aromatic rings. The molecule has 3 N–H and O–H groups in total.